The van der Waals surface area contributed by atoms with Crippen LogP contribution in [-0.2, 0) is 6.54 Å². The van der Waals surface area contributed by atoms with E-state index in [0.29, 0.717) is 12.1 Å². The third-order valence-electron chi connectivity index (χ3n) is 2.34. The number of H-pyrrole nitrogens is 1. The predicted octanol–water partition coefficient (Wildman–Crippen LogP) is 0.851. The lowest BCUT2D eigenvalue weighted by molar-refractivity contribution is 0.473. The first-order valence-corrected chi connectivity index (χ1v) is 5.72. The third kappa shape index (κ3) is 5.09. The normalized spacial score (nSPS) is 13.0. The summed E-state index contributed by atoms with van der Waals surface area (Å²) in [7, 11) is 0. The van der Waals surface area contributed by atoms with E-state index in [9.17, 15) is 4.79 Å². The molecule has 0 aliphatic heterocycles. The van der Waals surface area contributed by atoms with E-state index in [1.165, 1.54) is 0 Å². The molecule has 1 aromatic rings. The third-order valence-corrected chi connectivity index (χ3v) is 2.34. The van der Waals surface area contributed by atoms with E-state index in [2.05, 4.69) is 36.4 Å². The first kappa shape index (κ1) is 12.9. The zero-order chi connectivity index (χ0) is 12.0. The van der Waals surface area contributed by atoms with Crippen molar-refractivity contribution < 1.29 is 0 Å². The van der Waals surface area contributed by atoms with Crippen LogP contribution in [0.1, 0.15) is 26.3 Å². The molecule has 0 aliphatic carbocycles. The summed E-state index contributed by atoms with van der Waals surface area (Å²) >= 11 is 0. The number of aromatic amines is 1. The van der Waals surface area contributed by atoms with Crippen molar-refractivity contribution in [3.8, 4) is 0 Å². The molecule has 1 aromatic heterocycles. The number of aromatic nitrogens is 1. The van der Waals surface area contributed by atoms with Gasteiger partial charge in [0.05, 0.1) is 0 Å². The van der Waals surface area contributed by atoms with Gasteiger partial charge in [0.1, 0.15) is 0 Å². The number of hydrogen-bond donors (Lipinski definition) is 3. The fourth-order valence-electron chi connectivity index (χ4n) is 1.33. The van der Waals surface area contributed by atoms with Crippen LogP contribution in [0, 0.1) is 0 Å². The van der Waals surface area contributed by atoms with Crippen LogP contribution in [0.25, 0.3) is 0 Å². The molecule has 0 bridgehead atoms. The molecule has 0 fully saturated rings. The Hall–Kier alpha value is -1.13. The van der Waals surface area contributed by atoms with Crippen LogP contribution in [0.5, 0.6) is 0 Å². The molecular formula is C12H21N3O. The van der Waals surface area contributed by atoms with Crippen molar-refractivity contribution in [2.24, 2.45) is 0 Å². The topological polar surface area (TPSA) is 56.9 Å². The van der Waals surface area contributed by atoms with Crippen molar-refractivity contribution in [3.63, 3.8) is 0 Å². The molecule has 1 atom stereocenters. The Labute approximate surface area is 96.5 Å². The van der Waals surface area contributed by atoms with Crippen LogP contribution in [-0.4, -0.2) is 23.6 Å². The number of nitrogens with one attached hydrogen (secondary N) is 3. The molecule has 4 heteroatoms. The van der Waals surface area contributed by atoms with Gasteiger partial charge in [-0.3, -0.25) is 4.79 Å². The van der Waals surface area contributed by atoms with E-state index in [0.717, 1.165) is 18.7 Å². The van der Waals surface area contributed by atoms with Crippen LogP contribution in [0.4, 0.5) is 0 Å². The van der Waals surface area contributed by atoms with E-state index in [1.54, 1.807) is 12.3 Å². The highest BCUT2D eigenvalue weighted by Crippen LogP contribution is 1.93. The summed E-state index contributed by atoms with van der Waals surface area (Å²) in [6.45, 7) is 8.13. The van der Waals surface area contributed by atoms with E-state index < -0.39 is 0 Å². The zero-order valence-electron chi connectivity index (χ0n) is 10.2. The SMILES string of the molecule is CC(C)NCC(C)NCc1ccc(=O)[nH]c1. The molecule has 0 spiro atoms. The molecule has 3 N–H and O–H groups in total. The van der Waals surface area contributed by atoms with Crippen LogP contribution in [0.3, 0.4) is 0 Å². The second kappa shape index (κ2) is 6.45. The highest BCUT2D eigenvalue weighted by Gasteiger charge is 2.02. The lowest BCUT2D eigenvalue weighted by Crippen LogP contribution is -2.38. The maximum absolute atomic E-state index is 10.9. The molecule has 90 valence electrons. The van der Waals surface area contributed by atoms with Gasteiger partial charge in [-0.25, -0.2) is 0 Å². The van der Waals surface area contributed by atoms with E-state index in [4.69, 9.17) is 0 Å². The van der Waals surface area contributed by atoms with Gasteiger partial charge in [0, 0.05) is 37.4 Å². The quantitative estimate of drug-likeness (QED) is 0.670. The van der Waals surface area contributed by atoms with Crippen molar-refractivity contribution >= 4 is 0 Å². The minimum atomic E-state index is -0.0572. The first-order valence-electron chi connectivity index (χ1n) is 5.72. The van der Waals surface area contributed by atoms with Crippen molar-refractivity contribution in [1.29, 1.82) is 0 Å². The average molecular weight is 223 g/mol. The van der Waals surface area contributed by atoms with Gasteiger partial charge >= 0.3 is 0 Å². The fraction of sp³-hybridized carbons (Fsp3) is 0.583. The Balaban J connectivity index is 2.28. The maximum Gasteiger partial charge on any atom is 0.247 e. The summed E-state index contributed by atoms with van der Waals surface area (Å²) in [6, 6.07) is 4.31. The molecule has 0 aromatic carbocycles. The minimum Gasteiger partial charge on any atom is -0.329 e. The molecule has 1 rings (SSSR count). The summed E-state index contributed by atoms with van der Waals surface area (Å²) in [6.07, 6.45) is 1.75. The molecule has 1 heterocycles. The average Bonchev–Trinajstić information content (AvgIpc) is 2.25. The molecule has 4 nitrogen and oxygen atoms in total. The highest BCUT2D eigenvalue weighted by molar-refractivity contribution is 5.08. The lowest BCUT2D eigenvalue weighted by atomic mass is 10.2. The van der Waals surface area contributed by atoms with Crippen molar-refractivity contribution in [2.45, 2.75) is 39.4 Å². The zero-order valence-corrected chi connectivity index (χ0v) is 10.2. The molecular weight excluding hydrogens is 202 g/mol. The first-order chi connectivity index (χ1) is 7.58. The second-order valence-electron chi connectivity index (χ2n) is 4.41. The van der Waals surface area contributed by atoms with Crippen molar-refractivity contribution in [1.82, 2.24) is 15.6 Å². The Morgan fingerprint density at radius 2 is 2.00 bits per heavy atom. The molecule has 0 saturated carbocycles. The summed E-state index contributed by atoms with van der Waals surface area (Å²) in [5.41, 5.74) is 1.04. The minimum absolute atomic E-state index is 0.0572. The molecule has 0 amide bonds. The van der Waals surface area contributed by atoms with Gasteiger partial charge in [-0.2, -0.15) is 0 Å². The Bertz CT molecular complexity index is 339. The van der Waals surface area contributed by atoms with Gasteiger partial charge in [0.2, 0.25) is 5.56 Å². The standard InChI is InChI=1S/C12H21N3O/c1-9(2)13-6-10(3)14-7-11-4-5-12(16)15-8-11/h4-5,8-10,13-14H,6-7H2,1-3H3,(H,15,16). The second-order valence-corrected chi connectivity index (χ2v) is 4.41. The largest absolute Gasteiger partial charge is 0.329 e. The number of hydrogen-bond acceptors (Lipinski definition) is 3. The van der Waals surface area contributed by atoms with Crippen LogP contribution < -0.4 is 16.2 Å². The monoisotopic (exact) mass is 223 g/mol. The van der Waals surface area contributed by atoms with Gasteiger partial charge in [0.25, 0.3) is 0 Å². The Kier molecular flexibility index (Phi) is 5.22. The fourth-order valence-corrected chi connectivity index (χ4v) is 1.33. The Morgan fingerprint density at radius 1 is 1.25 bits per heavy atom. The van der Waals surface area contributed by atoms with Gasteiger partial charge in [-0.05, 0) is 12.5 Å². The van der Waals surface area contributed by atoms with E-state index in [-0.39, 0.29) is 5.56 Å². The predicted molar refractivity (Wildman–Crippen MR) is 66.5 cm³/mol. The highest BCUT2D eigenvalue weighted by atomic mass is 16.1. The van der Waals surface area contributed by atoms with E-state index in [1.807, 2.05) is 6.07 Å². The Morgan fingerprint density at radius 3 is 2.56 bits per heavy atom. The number of rotatable bonds is 6. The van der Waals surface area contributed by atoms with Gasteiger partial charge < -0.3 is 15.6 Å². The summed E-state index contributed by atoms with van der Waals surface area (Å²) < 4.78 is 0. The molecule has 0 saturated heterocycles. The van der Waals surface area contributed by atoms with Crippen LogP contribution >= 0.6 is 0 Å². The van der Waals surface area contributed by atoms with Crippen molar-refractivity contribution in [3.05, 3.63) is 34.2 Å². The summed E-state index contributed by atoms with van der Waals surface area (Å²) in [5, 5.41) is 6.76. The lowest BCUT2D eigenvalue weighted by Gasteiger charge is -2.16. The van der Waals surface area contributed by atoms with Crippen LogP contribution in [0.2, 0.25) is 0 Å². The van der Waals surface area contributed by atoms with Gasteiger partial charge in [-0.15, -0.1) is 0 Å². The smallest absolute Gasteiger partial charge is 0.247 e. The molecule has 16 heavy (non-hydrogen) atoms. The summed E-state index contributed by atoms with van der Waals surface area (Å²) in [4.78, 5) is 13.5. The van der Waals surface area contributed by atoms with Crippen LogP contribution in [0.15, 0.2) is 23.1 Å². The number of pyridine rings is 1. The van der Waals surface area contributed by atoms with Gasteiger partial charge in [0.15, 0.2) is 0 Å². The van der Waals surface area contributed by atoms with E-state index >= 15 is 0 Å². The molecule has 1 unspecified atom stereocenters. The van der Waals surface area contributed by atoms with Crippen molar-refractivity contribution in [2.75, 3.05) is 6.54 Å². The molecule has 0 aliphatic rings. The molecule has 0 radical (unpaired) electrons. The summed E-state index contributed by atoms with van der Waals surface area (Å²) in [5.74, 6) is 0. The van der Waals surface area contributed by atoms with Gasteiger partial charge in [-0.1, -0.05) is 19.9 Å². The maximum atomic E-state index is 10.9.